The molecule has 3 aromatic rings. The van der Waals surface area contributed by atoms with Gasteiger partial charge >= 0.3 is 5.63 Å². The number of ketones is 1. The second-order valence-electron chi connectivity index (χ2n) is 8.19. The van der Waals surface area contributed by atoms with E-state index in [-0.39, 0.29) is 46.6 Å². The molecule has 0 spiro atoms. The SMILES string of the molecule is C=C(C)[C@H](O)Cc1c(O)c(C(=O)CC(C)C)c2oc(=O)cc(-c3ccccc3)c2c1O. The van der Waals surface area contributed by atoms with Crippen LogP contribution < -0.4 is 5.63 Å². The van der Waals surface area contributed by atoms with Gasteiger partial charge in [-0.05, 0) is 18.4 Å². The summed E-state index contributed by atoms with van der Waals surface area (Å²) < 4.78 is 5.35. The predicted octanol–water partition coefficient (Wildman–Crippen LogP) is 4.58. The van der Waals surface area contributed by atoms with E-state index in [1.807, 2.05) is 19.9 Å². The van der Waals surface area contributed by atoms with Crippen LogP contribution >= 0.6 is 0 Å². The van der Waals surface area contributed by atoms with Gasteiger partial charge in [-0.1, -0.05) is 56.3 Å². The van der Waals surface area contributed by atoms with Crippen LogP contribution in [0.1, 0.15) is 43.1 Å². The molecule has 0 amide bonds. The summed E-state index contributed by atoms with van der Waals surface area (Å²) in [4.78, 5) is 25.4. The van der Waals surface area contributed by atoms with Crippen LogP contribution in [0.15, 0.2) is 57.8 Å². The third-order valence-electron chi connectivity index (χ3n) is 5.16. The fourth-order valence-corrected chi connectivity index (χ4v) is 3.56. The minimum absolute atomic E-state index is 0.00105. The molecule has 3 rings (SSSR count). The summed E-state index contributed by atoms with van der Waals surface area (Å²) >= 11 is 0. The highest BCUT2D eigenvalue weighted by molar-refractivity contribution is 6.13. The van der Waals surface area contributed by atoms with Crippen LogP contribution in [0.5, 0.6) is 11.5 Å². The van der Waals surface area contributed by atoms with Gasteiger partial charge in [0.15, 0.2) is 11.4 Å². The average Bonchev–Trinajstić information content (AvgIpc) is 2.70. The Morgan fingerprint density at radius 2 is 1.77 bits per heavy atom. The van der Waals surface area contributed by atoms with Gasteiger partial charge in [0.2, 0.25) is 0 Å². The van der Waals surface area contributed by atoms with Crippen LogP contribution in [-0.4, -0.2) is 27.2 Å². The number of hydrogen-bond acceptors (Lipinski definition) is 6. The van der Waals surface area contributed by atoms with Gasteiger partial charge in [-0.2, -0.15) is 0 Å². The summed E-state index contributed by atoms with van der Waals surface area (Å²) in [5.74, 6) is -1.28. The Hall–Kier alpha value is -3.38. The topological polar surface area (TPSA) is 108 Å². The lowest BCUT2D eigenvalue weighted by Crippen LogP contribution is -2.14. The number of phenols is 2. The van der Waals surface area contributed by atoms with Gasteiger partial charge < -0.3 is 19.7 Å². The lowest BCUT2D eigenvalue weighted by molar-refractivity contribution is 0.0965. The van der Waals surface area contributed by atoms with Gasteiger partial charge in [0.05, 0.1) is 11.5 Å². The third kappa shape index (κ3) is 4.39. The van der Waals surface area contributed by atoms with Crippen LogP contribution in [-0.2, 0) is 6.42 Å². The van der Waals surface area contributed by atoms with Gasteiger partial charge in [-0.25, -0.2) is 4.79 Å². The highest BCUT2D eigenvalue weighted by atomic mass is 16.4. The van der Waals surface area contributed by atoms with Crippen LogP contribution in [0.4, 0.5) is 0 Å². The fourth-order valence-electron chi connectivity index (χ4n) is 3.56. The molecule has 0 aliphatic carbocycles. The van der Waals surface area contributed by atoms with E-state index in [0.29, 0.717) is 16.7 Å². The molecule has 0 aliphatic rings. The maximum Gasteiger partial charge on any atom is 0.336 e. The Morgan fingerprint density at radius 3 is 2.35 bits per heavy atom. The first-order valence-corrected chi connectivity index (χ1v) is 10.1. The second kappa shape index (κ2) is 8.78. The summed E-state index contributed by atoms with van der Waals surface area (Å²) in [6, 6.07) is 10.1. The van der Waals surface area contributed by atoms with Gasteiger partial charge in [-0.15, -0.1) is 0 Å². The molecular formula is C25H26O6. The molecule has 6 nitrogen and oxygen atoms in total. The first-order valence-electron chi connectivity index (χ1n) is 10.1. The fraction of sp³-hybridized carbons (Fsp3) is 0.280. The Labute approximate surface area is 180 Å². The number of carbonyl (C=O) groups is 1. The molecule has 2 aromatic carbocycles. The van der Waals surface area contributed by atoms with Crippen molar-refractivity contribution in [3.8, 4) is 22.6 Å². The molecule has 6 heteroatoms. The molecule has 0 aliphatic heterocycles. The number of rotatable bonds is 7. The van der Waals surface area contributed by atoms with Crippen LogP contribution in [0.25, 0.3) is 22.1 Å². The number of Topliss-reactive ketones (excluding diaryl/α,β-unsaturated/α-hetero) is 1. The highest BCUT2D eigenvalue weighted by Crippen LogP contribution is 2.44. The van der Waals surface area contributed by atoms with Crippen molar-refractivity contribution in [3.05, 3.63) is 70.1 Å². The maximum absolute atomic E-state index is 13.0. The molecule has 3 N–H and O–H groups in total. The molecule has 1 aromatic heterocycles. The predicted molar refractivity (Wildman–Crippen MR) is 120 cm³/mol. The summed E-state index contributed by atoms with van der Waals surface area (Å²) in [6.45, 7) is 9.04. The van der Waals surface area contributed by atoms with E-state index in [4.69, 9.17) is 4.42 Å². The van der Waals surface area contributed by atoms with E-state index in [1.54, 1.807) is 31.2 Å². The first-order chi connectivity index (χ1) is 14.6. The van der Waals surface area contributed by atoms with Crippen LogP contribution in [0.2, 0.25) is 0 Å². The monoisotopic (exact) mass is 422 g/mol. The van der Waals surface area contributed by atoms with E-state index in [2.05, 4.69) is 6.58 Å². The molecule has 0 radical (unpaired) electrons. The Kier molecular flexibility index (Phi) is 6.32. The van der Waals surface area contributed by atoms with Crippen molar-refractivity contribution in [2.45, 2.75) is 39.7 Å². The normalized spacial score (nSPS) is 12.3. The molecule has 0 bridgehead atoms. The quantitative estimate of drug-likeness (QED) is 0.292. The summed E-state index contributed by atoms with van der Waals surface area (Å²) in [5.41, 5.74) is 0.404. The van der Waals surface area contributed by atoms with E-state index in [0.717, 1.165) is 0 Å². The van der Waals surface area contributed by atoms with Crippen molar-refractivity contribution >= 4 is 16.8 Å². The Morgan fingerprint density at radius 1 is 1.13 bits per heavy atom. The minimum Gasteiger partial charge on any atom is -0.507 e. The summed E-state index contributed by atoms with van der Waals surface area (Å²) in [7, 11) is 0. The third-order valence-corrected chi connectivity index (χ3v) is 5.16. The maximum atomic E-state index is 13.0. The molecule has 162 valence electrons. The van der Waals surface area contributed by atoms with Crippen molar-refractivity contribution in [2.24, 2.45) is 5.92 Å². The number of hydrogen-bond donors (Lipinski definition) is 3. The lowest BCUT2D eigenvalue weighted by Gasteiger charge is -2.19. The molecule has 0 unspecified atom stereocenters. The molecule has 1 heterocycles. The van der Waals surface area contributed by atoms with Crippen molar-refractivity contribution in [1.82, 2.24) is 0 Å². The van der Waals surface area contributed by atoms with E-state index < -0.39 is 23.3 Å². The van der Waals surface area contributed by atoms with Crippen LogP contribution in [0, 0.1) is 5.92 Å². The average molecular weight is 422 g/mol. The number of aliphatic hydroxyl groups is 1. The number of aliphatic hydroxyl groups excluding tert-OH is 1. The van der Waals surface area contributed by atoms with E-state index in [1.165, 1.54) is 6.07 Å². The van der Waals surface area contributed by atoms with Crippen molar-refractivity contribution in [3.63, 3.8) is 0 Å². The Bertz CT molecular complexity index is 1200. The molecule has 0 saturated heterocycles. The largest absolute Gasteiger partial charge is 0.507 e. The zero-order chi connectivity index (χ0) is 22.9. The van der Waals surface area contributed by atoms with Crippen molar-refractivity contribution < 1.29 is 24.5 Å². The van der Waals surface area contributed by atoms with Gasteiger partial charge in [0.25, 0.3) is 0 Å². The zero-order valence-corrected chi connectivity index (χ0v) is 17.8. The summed E-state index contributed by atoms with van der Waals surface area (Å²) in [5, 5.41) is 32.5. The number of phenolic OH excluding ortho intramolecular Hbond substituents is 2. The van der Waals surface area contributed by atoms with Crippen LogP contribution in [0.3, 0.4) is 0 Å². The second-order valence-corrected chi connectivity index (χ2v) is 8.19. The molecule has 0 fully saturated rings. The Balaban J connectivity index is 2.45. The number of aromatic hydroxyl groups is 2. The molecule has 0 saturated carbocycles. The van der Waals surface area contributed by atoms with Crippen molar-refractivity contribution in [1.29, 1.82) is 0 Å². The first kappa shape index (κ1) is 22.3. The zero-order valence-electron chi connectivity index (χ0n) is 17.8. The highest BCUT2D eigenvalue weighted by Gasteiger charge is 2.29. The lowest BCUT2D eigenvalue weighted by atomic mass is 9.90. The number of carbonyl (C=O) groups excluding carboxylic acids is 1. The van der Waals surface area contributed by atoms with Gasteiger partial charge in [-0.3, -0.25) is 4.79 Å². The number of fused-ring (bicyclic) bond motifs is 1. The smallest absolute Gasteiger partial charge is 0.336 e. The summed E-state index contributed by atoms with van der Waals surface area (Å²) in [6.07, 6.45) is -1.09. The van der Waals surface area contributed by atoms with Gasteiger partial charge in [0.1, 0.15) is 17.1 Å². The van der Waals surface area contributed by atoms with Gasteiger partial charge in [0, 0.05) is 30.0 Å². The van der Waals surface area contributed by atoms with E-state index >= 15 is 0 Å². The van der Waals surface area contributed by atoms with Crippen molar-refractivity contribution in [2.75, 3.05) is 0 Å². The standard InChI is InChI=1S/C25H26O6/c1-13(2)10-19(27)22-24(30)17(11-18(26)14(3)4)23(29)21-16(12-20(28)31-25(21)22)15-8-6-5-7-9-15/h5-9,12-13,18,26,29-30H,3,10-11H2,1-2,4H3/t18-/m1/s1. The minimum atomic E-state index is -1.04. The van der Waals surface area contributed by atoms with E-state index in [9.17, 15) is 24.9 Å². The molecule has 1 atom stereocenters. The molecular weight excluding hydrogens is 396 g/mol. The molecule has 31 heavy (non-hydrogen) atoms. The number of benzene rings is 2.